The molecule has 0 saturated carbocycles. The molecule has 0 aliphatic carbocycles. The van der Waals surface area contributed by atoms with Gasteiger partial charge in [-0.1, -0.05) is 13.8 Å². The number of alkyl halides is 1. The van der Waals surface area contributed by atoms with Crippen molar-refractivity contribution >= 4 is 17.5 Å². The summed E-state index contributed by atoms with van der Waals surface area (Å²) in [6, 6.07) is 1.91. The third kappa shape index (κ3) is 6.70. The second-order valence-corrected chi connectivity index (χ2v) is 4.18. The molecule has 0 fully saturated rings. The second-order valence-electron chi connectivity index (χ2n) is 3.65. The Morgan fingerprint density at radius 1 is 1.57 bits per heavy atom. The molecule has 2 N–H and O–H groups in total. The fourth-order valence-electron chi connectivity index (χ4n) is 1.21. The van der Waals surface area contributed by atoms with Crippen molar-refractivity contribution in [3.05, 3.63) is 0 Å². The van der Waals surface area contributed by atoms with Gasteiger partial charge in [-0.05, 0) is 5.92 Å². The van der Waals surface area contributed by atoms with E-state index in [0.29, 0.717) is 19.0 Å². The maximum Gasteiger partial charge on any atom is 0.231 e. The van der Waals surface area contributed by atoms with E-state index < -0.39 is 11.3 Å². The monoisotopic (exact) mass is 217 g/mol. The van der Waals surface area contributed by atoms with Gasteiger partial charge in [0.05, 0.1) is 12.6 Å². The third-order valence-electron chi connectivity index (χ3n) is 1.56. The highest BCUT2D eigenvalue weighted by atomic mass is 35.5. The third-order valence-corrected chi connectivity index (χ3v) is 1.80. The van der Waals surface area contributed by atoms with Crippen LogP contribution in [-0.4, -0.2) is 35.8 Å². The van der Waals surface area contributed by atoms with Crippen molar-refractivity contribution in [1.29, 1.82) is 5.26 Å². The van der Waals surface area contributed by atoms with E-state index in [-0.39, 0.29) is 6.54 Å². The Morgan fingerprint density at radius 2 is 2.14 bits per heavy atom. The van der Waals surface area contributed by atoms with Gasteiger partial charge in [-0.25, -0.2) is 0 Å². The standard InChI is InChI=1S/C9H16ClN3O/c1-7(2)4-13(6-9(12)14)5-8(10)3-11/h7-8H,4-6H2,1-2H3,(H2,12,14). The van der Waals surface area contributed by atoms with Gasteiger partial charge in [-0.3, -0.25) is 9.69 Å². The van der Waals surface area contributed by atoms with Gasteiger partial charge in [0.1, 0.15) is 5.38 Å². The average molecular weight is 218 g/mol. The molecule has 0 aromatic rings. The zero-order chi connectivity index (χ0) is 11.1. The molecule has 0 aromatic heterocycles. The molecule has 5 heteroatoms. The van der Waals surface area contributed by atoms with E-state index in [0.717, 1.165) is 0 Å². The van der Waals surface area contributed by atoms with Gasteiger partial charge in [0, 0.05) is 13.1 Å². The lowest BCUT2D eigenvalue weighted by molar-refractivity contribution is -0.119. The minimum atomic E-state index is -0.590. The van der Waals surface area contributed by atoms with Crippen molar-refractivity contribution in [3.8, 4) is 6.07 Å². The molecule has 0 aliphatic rings. The summed E-state index contributed by atoms with van der Waals surface area (Å²) in [6.07, 6.45) is 0. The molecule has 0 aromatic carbocycles. The Kier molecular flexibility index (Phi) is 6.26. The van der Waals surface area contributed by atoms with Crippen LogP contribution in [-0.2, 0) is 4.79 Å². The first-order valence-corrected chi connectivity index (χ1v) is 4.93. The Labute approximate surface area is 89.6 Å². The first-order valence-electron chi connectivity index (χ1n) is 4.50. The molecule has 0 rings (SSSR count). The number of hydrogen-bond donors (Lipinski definition) is 1. The number of halogens is 1. The predicted molar refractivity (Wildman–Crippen MR) is 55.7 cm³/mol. The van der Waals surface area contributed by atoms with Crippen LogP contribution < -0.4 is 5.73 Å². The molecule has 14 heavy (non-hydrogen) atoms. The average Bonchev–Trinajstić information content (AvgIpc) is 2.01. The van der Waals surface area contributed by atoms with Crippen LogP contribution in [0.1, 0.15) is 13.8 Å². The Bertz CT molecular complexity index is 225. The van der Waals surface area contributed by atoms with E-state index in [1.165, 1.54) is 0 Å². The summed E-state index contributed by atoms with van der Waals surface area (Å²) in [5.41, 5.74) is 5.08. The van der Waals surface area contributed by atoms with Crippen LogP contribution in [0.4, 0.5) is 0 Å². The van der Waals surface area contributed by atoms with E-state index in [1.807, 2.05) is 19.9 Å². The summed E-state index contributed by atoms with van der Waals surface area (Å²) in [7, 11) is 0. The smallest absolute Gasteiger partial charge is 0.231 e. The van der Waals surface area contributed by atoms with Gasteiger partial charge >= 0.3 is 0 Å². The molecular weight excluding hydrogens is 202 g/mol. The van der Waals surface area contributed by atoms with Crippen LogP contribution in [0.15, 0.2) is 0 Å². The summed E-state index contributed by atoms with van der Waals surface area (Å²) in [4.78, 5) is 12.5. The van der Waals surface area contributed by atoms with Crippen LogP contribution in [0, 0.1) is 17.2 Å². The van der Waals surface area contributed by atoms with Crippen molar-refractivity contribution in [2.45, 2.75) is 19.2 Å². The van der Waals surface area contributed by atoms with Crippen molar-refractivity contribution in [1.82, 2.24) is 4.90 Å². The number of rotatable bonds is 6. The fraction of sp³-hybridized carbons (Fsp3) is 0.778. The SMILES string of the molecule is CC(C)CN(CC(N)=O)CC(Cl)C#N. The van der Waals surface area contributed by atoms with Gasteiger partial charge < -0.3 is 5.73 Å². The number of hydrogen-bond acceptors (Lipinski definition) is 3. The number of primary amides is 1. The molecule has 1 unspecified atom stereocenters. The van der Waals surface area contributed by atoms with E-state index in [1.54, 1.807) is 4.90 Å². The Balaban J connectivity index is 4.11. The maximum atomic E-state index is 10.7. The van der Waals surface area contributed by atoms with Crippen molar-refractivity contribution in [2.24, 2.45) is 11.7 Å². The van der Waals surface area contributed by atoms with Gasteiger partial charge in [0.15, 0.2) is 0 Å². The highest BCUT2D eigenvalue weighted by Gasteiger charge is 2.14. The second kappa shape index (κ2) is 6.63. The van der Waals surface area contributed by atoms with Crippen LogP contribution in [0.5, 0.6) is 0 Å². The number of nitrogens with zero attached hydrogens (tertiary/aromatic N) is 2. The van der Waals surface area contributed by atoms with E-state index in [2.05, 4.69) is 0 Å². The lowest BCUT2D eigenvalue weighted by atomic mass is 10.2. The molecule has 0 saturated heterocycles. The molecule has 0 aliphatic heterocycles. The van der Waals surface area contributed by atoms with Gasteiger partial charge in [-0.15, -0.1) is 11.6 Å². The first-order chi connectivity index (χ1) is 6.45. The molecule has 0 heterocycles. The maximum absolute atomic E-state index is 10.7. The summed E-state index contributed by atoms with van der Waals surface area (Å²) in [5, 5.41) is 7.94. The molecule has 80 valence electrons. The molecule has 0 radical (unpaired) electrons. The Morgan fingerprint density at radius 3 is 2.50 bits per heavy atom. The van der Waals surface area contributed by atoms with Gasteiger partial charge in [-0.2, -0.15) is 5.26 Å². The highest BCUT2D eigenvalue weighted by Crippen LogP contribution is 2.03. The number of carbonyl (C=O) groups excluding carboxylic acids is 1. The predicted octanol–water partition coefficient (Wildman–Crippen LogP) is 0.561. The van der Waals surface area contributed by atoms with E-state index >= 15 is 0 Å². The van der Waals surface area contributed by atoms with E-state index in [4.69, 9.17) is 22.6 Å². The van der Waals surface area contributed by atoms with Crippen molar-refractivity contribution in [3.63, 3.8) is 0 Å². The Hall–Kier alpha value is -0.790. The number of amides is 1. The number of carbonyl (C=O) groups is 1. The summed E-state index contributed by atoms with van der Waals surface area (Å²) in [5.74, 6) is 0.0179. The minimum Gasteiger partial charge on any atom is -0.369 e. The summed E-state index contributed by atoms with van der Waals surface area (Å²) >= 11 is 5.67. The molecule has 0 bridgehead atoms. The van der Waals surface area contributed by atoms with Crippen molar-refractivity contribution < 1.29 is 4.79 Å². The molecular formula is C9H16ClN3O. The molecule has 1 atom stereocenters. The van der Waals surface area contributed by atoms with E-state index in [9.17, 15) is 4.79 Å². The van der Waals surface area contributed by atoms with Crippen LogP contribution >= 0.6 is 11.6 Å². The zero-order valence-electron chi connectivity index (χ0n) is 8.53. The zero-order valence-corrected chi connectivity index (χ0v) is 9.29. The molecule has 0 spiro atoms. The fourth-order valence-corrected chi connectivity index (χ4v) is 1.40. The van der Waals surface area contributed by atoms with Gasteiger partial charge in [0.2, 0.25) is 5.91 Å². The molecule has 4 nitrogen and oxygen atoms in total. The van der Waals surface area contributed by atoms with Crippen LogP contribution in [0.2, 0.25) is 0 Å². The lowest BCUT2D eigenvalue weighted by Gasteiger charge is -2.22. The summed E-state index contributed by atoms with van der Waals surface area (Å²) in [6.45, 7) is 5.31. The van der Waals surface area contributed by atoms with Gasteiger partial charge in [0.25, 0.3) is 0 Å². The van der Waals surface area contributed by atoms with Crippen LogP contribution in [0.3, 0.4) is 0 Å². The highest BCUT2D eigenvalue weighted by molar-refractivity contribution is 6.22. The normalized spacial score (nSPS) is 12.9. The number of nitriles is 1. The van der Waals surface area contributed by atoms with Crippen LogP contribution in [0.25, 0.3) is 0 Å². The topological polar surface area (TPSA) is 70.1 Å². The lowest BCUT2D eigenvalue weighted by Crippen LogP contribution is -2.39. The molecule has 1 amide bonds. The largest absolute Gasteiger partial charge is 0.369 e. The summed E-state index contributed by atoms with van der Waals surface area (Å²) < 4.78 is 0. The van der Waals surface area contributed by atoms with Crippen molar-refractivity contribution in [2.75, 3.05) is 19.6 Å². The number of nitrogens with two attached hydrogens (primary N) is 1. The minimum absolute atomic E-state index is 0.156. The quantitative estimate of drug-likeness (QED) is 0.661. The first kappa shape index (κ1) is 13.2.